The number of sulfonamides is 1. The van der Waals surface area contributed by atoms with Gasteiger partial charge in [-0.1, -0.05) is 29.8 Å². The van der Waals surface area contributed by atoms with Gasteiger partial charge in [0, 0.05) is 37.0 Å². The standard InChI is InChI=1S/C21H23ClN4O3S/c1-24-10-9-21(23-24)30(27,28)26(16-17-5-7-18(22)8-6-17)20-4-2-3-19(15-20)25-11-13-29-14-12-25/h2-10,15H,11-14,16H2,1H3. The lowest BCUT2D eigenvalue weighted by Crippen LogP contribution is -2.36. The Morgan fingerprint density at radius 2 is 1.83 bits per heavy atom. The van der Waals surface area contributed by atoms with Crippen LogP contribution in [0.2, 0.25) is 5.02 Å². The summed E-state index contributed by atoms with van der Waals surface area (Å²) in [6.45, 7) is 3.03. The number of aromatic nitrogens is 2. The number of nitrogens with zero attached hydrogens (tertiary/aromatic N) is 4. The van der Waals surface area contributed by atoms with Gasteiger partial charge in [-0.3, -0.25) is 8.99 Å². The second-order valence-electron chi connectivity index (χ2n) is 7.09. The Morgan fingerprint density at radius 1 is 1.10 bits per heavy atom. The zero-order valence-corrected chi connectivity index (χ0v) is 18.2. The lowest BCUT2D eigenvalue weighted by atomic mass is 10.2. The number of benzene rings is 2. The van der Waals surface area contributed by atoms with Crippen molar-refractivity contribution in [3.8, 4) is 0 Å². The molecule has 0 atom stereocenters. The summed E-state index contributed by atoms with van der Waals surface area (Å²) >= 11 is 6.00. The van der Waals surface area contributed by atoms with Crippen molar-refractivity contribution in [1.82, 2.24) is 9.78 Å². The molecule has 0 radical (unpaired) electrons. The van der Waals surface area contributed by atoms with Crippen LogP contribution in [0.25, 0.3) is 0 Å². The van der Waals surface area contributed by atoms with Gasteiger partial charge in [0.1, 0.15) is 0 Å². The van der Waals surface area contributed by atoms with E-state index >= 15 is 0 Å². The molecule has 1 aromatic heterocycles. The van der Waals surface area contributed by atoms with Crippen molar-refractivity contribution < 1.29 is 13.2 Å². The maximum Gasteiger partial charge on any atom is 0.283 e. The summed E-state index contributed by atoms with van der Waals surface area (Å²) in [6, 6.07) is 16.3. The molecule has 0 amide bonds. The van der Waals surface area contributed by atoms with Gasteiger partial charge >= 0.3 is 0 Å². The van der Waals surface area contributed by atoms with E-state index in [1.807, 2.05) is 30.3 Å². The quantitative estimate of drug-likeness (QED) is 0.581. The molecule has 7 nitrogen and oxygen atoms in total. The van der Waals surface area contributed by atoms with Crippen LogP contribution in [0.5, 0.6) is 0 Å². The van der Waals surface area contributed by atoms with Crippen LogP contribution >= 0.6 is 11.6 Å². The van der Waals surface area contributed by atoms with Crippen molar-refractivity contribution in [2.75, 3.05) is 35.5 Å². The maximum atomic E-state index is 13.5. The van der Waals surface area contributed by atoms with E-state index in [0.29, 0.717) is 23.9 Å². The first-order chi connectivity index (χ1) is 14.4. The number of morpholine rings is 1. The minimum atomic E-state index is -3.86. The van der Waals surface area contributed by atoms with Gasteiger partial charge in [0.15, 0.2) is 5.03 Å². The topological polar surface area (TPSA) is 67.7 Å². The van der Waals surface area contributed by atoms with E-state index < -0.39 is 10.0 Å². The molecule has 0 spiro atoms. The molecule has 0 aliphatic carbocycles. The lowest BCUT2D eigenvalue weighted by molar-refractivity contribution is 0.122. The smallest absolute Gasteiger partial charge is 0.283 e. The van der Waals surface area contributed by atoms with E-state index in [2.05, 4.69) is 10.00 Å². The SMILES string of the molecule is Cn1ccc(S(=O)(=O)N(Cc2ccc(Cl)cc2)c2cccc(N3CCOCC3)c2)n1. The van der Waals surface area contributed by atoms with E-state index in [9.17, 15) is 8.42 Å². The minimum absolute atomic E-state index is 0.00994. The van der Waals surface area contributed by atoms with E-state index in [-0.39, 0.29) is 11.6 Å². The second-order valence-corrected chi connectivity index (χ2v) is 9.33. The van der Waals surface area contributed by atoms with Crippen LogP contribution in [-0.2, 0) is 28.4 Å². The third-order valence-electron chi connectivity index (χ3n) is 4.98. The third-order valence-corrected chi connectivity index (χ3v) is 6.90. The van der Waals surface area contributed by atoms with Crippen molar-refractivity contribution >= 4 is 33.0 Å². The number of anilines is 2. The van der Waals surface area contributed by atoms with Crippen molar-refractivity contribution in [1.29, 1.82) is 0 Å². The summed E-state index contributed by atoms with van der Waals surface area (Å²) in [5.74, 6) is 0. The highest BCUT2D eigenvalue weighted by Crippen LogP contribution is 2.29. The molecule has 158 valence electrons. The highest BCUT2D eigenvalue weighted by atomic mass is 35.5. The molecule has 2 heterocycles. The van der Waals surface area contributed by atoms with Crippen LogP contribution in [0, 0.1) is 0 Å². The molecule has 4 rings (SSSR count). The molecule has 3 aromatic rings. The van der Waals surface area contributed by atoms with Crippen molar-refractivity contribution in [2.45, 2.75) is 11.6 Å². The Kier molecular flexibility index (Phi) is 5.99. The normalized spacial score (nSPS) is 14.7. The molecule has 0 unspecified atom stereocenters. The van der Waals surface area contributed by atoms with E-state index in [4.69, 9.17) is 16.3 Å². The van der Waals surface area contributed by atoms with Gasteiger partial charge in [0.25, 0.3) is 10.0 Å². The largest absolute Gasteiger partial charge is 0.378 e. The summed E-state index contributed by atoms with van der Waals surface area (Å²) in [6.07, 6.45) is 1.62. The summed E-state index contributed by atoms with van der Waals surface area (Å²) in [7, 11) is -2.17. The summed E-state index contributed by atoms with van der Waals surface area (Å²) in [4.78, 5) is 2.20. The average Bonchev–Trinajstić information content (AvgIpc) is 3.21. The zero-order chi connectivity index (χ0) is 21.1. The molecule has 1 fully saturated rings. The fraction of sp³-hybridized carbons (Fsp3) is 0.286. The number of ether oxygens (including phenoxy) is 1. The fourth-order valence-electron chi connectivity index (χ4n) is 3.38. The van der Waals surface area contributed by atoms with Gasteiger partial charge in [0.2, 0.25) is 0 Å². The molecule has 0 bridgehead atoms. The van der Waals surface area contributed by atoms with Crippen LogP contribution in [0.15, 0.2) is 65.8 Å². The highest BCUT2D eigenvalue weighted by Gasteiger charge is 2.28. The van der Waals surface area contributed by atoms with E-state index in [0.717, 1.165) is 24.3 Å². The van der Waals surface area contributed by atoms with Crippen molar-refractivity contribution in [2.24, 2.45) is 7.05 Å². The number of rotatable bonds is 6. The summed E-state index contributed by atoms with van der Waals surface area (Å²) < 4.78 is 35.3. The monoisotopic (exact) mass is 446 g/mol. The molecule has 1 aliphatic rings. The molecule has 9 heteroatoms. The van der Waals surface area contributed by atoms with Crippen LogP contribution in [-0.4, -0.2) is 44.5 Å². The number of hydrogen-bond donors (Lipinski definition) is 0. The van der Waals surface area contributed by atoms with Gasteiger partial charge in [-0.25, -0.2) is 0 Å². The first kappa shape index (κ1) is 20.7. The molecular weight excluding hydrogens is 424 g/mol. The molecule has 2 aromatic carbocycles. The molecule has 1 saturated heterocycles. The maximum absolute atomic E-state index is 13.5. The predicted octanol–water partition coefficient (Wildman–Crippen LogP) is 3.31. The summed E-state index contributed by atoms with van der Waals surface area (Å²) in [5, 5.41) is 4.75. The van der Waals surface area contributed by atoms with Gasteiger partial charge < -0.3 is 9.64 Å². The second kappa shape index (κ2) is 8.67. The Labute approximate surface area is 181 Å². The molecule has 0 N–H and O–H groups in total. The minimum Gasteiger partial charge on any atom is -0.378 e. The van der Waals surface area contributed by atoms with Gasteiger partial charge in [-0.15, -0.1) is 0 Å². The molecular formula is C21H23ClN4O3S. The summed E-state index contributed by atoms with van der Waals surface area (Å²) in [5.41, 5.74) is 2.38. The van der Waals surface area contributed by atoms with Crippen molar-refractivity contribution in [3.05, 3.63) is 71.4 Å². The molecule has 0 saturated carbocycles. The lowest BCUT2D eigenvalue weighted by Gasteiger charge is -2.30. The molecule has 1 aliphatic heterocycles. The predicted molar refractivity (Wildman–Crippen MR) is 118 cm³/mol. The first-order valence-corrected chi connectivity index (χ1v) is 11.4. The third kappa shape index (κ3) is 4.45. The van der Waals surface area contributed by atoms with E-state index in [1.54, 1.807) is 31.4 Å². The van der Waals surface area contributed by atoms with Crippen LogP contribution in [0.4, 0.5) is 11.4 Å². The Hall–Kier alpha value is -2.55. The number of halogens is 1. The molecule has 30 heavy (non-hydrogen) atoms. The van der Waals surface area contributed by atoms with Gasteiger partial charge in [0.05, 0.1) is 25.4 Å². The zero-order valence-electron chi connectivity index (χ0n) is 16.6. The Balaban J connectivity index is 1.74. The van der Waals surface area contributed by atoms with Gasteiger partial charge in [-0.2, -0.15) is 13.5 Å². The Bertz CT molecular complexity index is 1110. The Morgan fingerprint density at radius 3 is 2.50 bits per heavy atom. The fourth-order valence-corrected chi connectivity index (χ4v) is 4.91. The van der Waals surface area contributed by atoms with Crippen molar-refractivity contribution in [3.63, 3.8) is 0 Å². The van der Waals surface area contributed by atoms with E-state index in [1.165, 1.54) is 15.1 Å². The highest BCUT2D eigenvalue weighted by molar-refractivity contribution is 7.92. The number of aryl methyl sites for hydroxylation is 1. The van der Waals surface area contributed by atoms with Crippen LogP contribution < -0.4 is 9.21 Å². The average molecular weight is 447 g/mol. The van der Waals surface area contributed by atoms with Crippen LogP contribution in [0.1, 0.15) is 5.56 Å². The van der Waals surface area contributed by atoms with Gasteiger partial charge in [-0.05, 0) is 42.0 Å². The number of hydrogen-bond acceptors (Lipinski definition) is 5. The van der Waals surface area contributed by atoms with Crippen LogP contribution in [0.3, 0.4) is 0 Å². The first-order valence-electron chi connectivity index (χ1n) is 9.63.